The molecule has 0 spiro atoms. The second kappa shape index (κ2) is 8.09. The minimum atomic E-state index is -0.244. The zero-order valence-electron chi connectivity index (χ0n) is 18.1. The van der Waals surface area contributed by atoms with E-state index in [9.17, 15) is 4.79 Å². The number of anilines is 3. The van der Waals surface area contributed by atoms with Gasteiger partial charge in [0.15, 0.2) is 5.82 Å². The van der Waals surface area contributed by atoms with Crippen LogP contribution in [0.2, 0.25) is 0 Å². The maximum atomic E-state index is 13.1. The van der Waals surface area contributed by atoms with Crippen LogP contribution in [0, 0.1) is 0 Å². The van der Waals surface area contributed by atoms with E-state index in [0.717, 1.165) is 56.7 Å². The second-order valence-corrected chi connectivity index (χ2v) is 9.06. The molecule has 10 nitrogen and oxygen atoms in total. The predicted molar refractivity (Wildman–Crippen MR) is 121 cm³/mol. The third-order valence-electron chi connectivity index (χ3n) is 6.65. The highest BCUT2D eigenvalue weighted by molar-refractivity contribution is 5.86. The molecule has 32 heavy (non-hydrogen) atoms. The SMILES string of the molecule is O=C(NC1CCCNC1)C1CCCN1c1nc(Nc2cn(C3CC3)cn2)c2cccn2n1. The zero-order valence-corrected chi connectivity index (χ0v) is 18.1. The van der Waals surface area contributed by atoms with Gasteiger partial charge in [-0.15, -0.1) is 5.10 Å². The van der Waals surface area contributed by atoms with Gasteiger partial charge in [-0.05, 0) is 57.2 Å². The van der Waals surface area contributed by atoms with Crippen molar-refractivity contribution in [3.8, 4) is 0 Å². The number of fused-ring (bicyclic) bond motifs is 1. The Morgan fingerprint density at radius 3 is 2.97 bits per heavy atom. The molecule has 1 amide bonds. The number of carbonyl (C=O) groups excluding carboxylic acids is 1. The Morgan fingerprint density at radius 1 is 1.19 bits per heavy atom. The monoisotopic (exact) mass is 435 g/mol. The van der Waals surface area contributed by atoms with Gasteiger partial charge >= 0.3 is 0 Å². The largest absolute Gasteiger partial charge is 0.350 e. The van der Waals surface area contributed by atoms with Crippen LogP contribution in [-0.2, 0) is 4.79 Å². The van der Waals surface area contributed by atoms with E-state index in [1.165, 1.54) is 12.8 Å². The fourth-order valence-corrected chi connectivity index (χ4v) is 4.78. The number of rotatable bonds is 6. The average molecular weight is 436 g/mol. The summed E-state index contributed by atoms with van der Waals surface area (Å²) < 4.78 is 3.97. The van der Waals surface area contributed by atoms with Crippen molar-refractivity contribution in [2.75, 3.05) is 29.9 Å². The molecule has 6 rings (SSSR count). The van der Waals surface area contributed by atoms with Crippen LogP contribution in [0.1, 0.15) is 44.6 Å². The molecule has 3 aromatic rings. The first-order valence-corrected chi connectivity index (χ1v) is 11.7. The van der Waals surface area contributed by atoms with Crippen molar-refractivity contribution in [2.24, 2.45) is 0 Å². The fraction of sp³-hybridized carbons (Fsp3) is 0.545. The van der Waals surface area contributed by atoms with Crippen LogP contribution in [0.15, 0.2) is 30.9 Å². The van der Waals surface area contributed by atoms with Gasteiger partial charge in [-0.25, -0.2) is 9.50 Å². The molecule has 1 aliphatic carbocycles. The number of amides is 1. The third-order valence-corrected chi connectivity index (χ3v) is 6.65. The molecule has 168 valence electrons. The standard InChI is InChI=1S/C22H29N9O/c32-21(25-15-4-1-9-23-12-15)18-6-2-10-30(18)22-27-20(17-5-3-11-31(17)28-22)26-19-13-29(14-24-19)16-7-8-16/h3,5,11,13-16,18,23H,1-2,4,6-10,12H2,(H,25,32)(H,26,27,28). The van der Waals surface area contributed by atoms with E-state index in [1.807, 2.05) is 40.3 Å². The van der Waals surface area contributed by atoms with Gasteiger partial charge < -0.3 is 25.4 Å². The summed E-state index contributed by atoms with van der Waals surface area (Å²) in [6, 6.07) is 4.47. The van der Waals surface area contributed by atoms with E-state index in [1.54, 1.807) is 0 Å². The maximum Gasteiger partial charge on any atom is 0.246 e. The molecule has 3 aromatic heterocycles. The summed E-state index contributed by atoms with van der Waals surface area (Å²) in [4.78, 5) is 24.5. The molecule has 2 aliphatic heterocycles. The molecule has 2 saturated heterocycles. The Balaban J connectivity index is 1.25. The molecule has 10 heteroatoms. The first-order chi connectivity index (χ1) is 15.7. The number of nitrogens with one attached hydrogen (secondary N) is 3. The molecule has 3 fully saturated rings. The number of hydrogen-bond acceptors (Lipinski definition) is 7. The topological polar surface area (TPSA) is 104 Å². The van der Waals surface area contributed by atoms with E-state index in [2.05, 4.69) is 25.5 Å². The molecule has 3 aliphatic rings. The Labute approximate surface area is 186 Å². The van der Waals surface area contributed by atoms with Crippen molar-refractivity contribution in [2.45, 2.75) is 56.7 Å². The summed E-state index contributed by atoms with van der Waals surface area (Å²) >= 11 is 0. The van der Waals surface area contributed by atoms with Gasteiger partial charge in [-0.3, -0.25) is 4.79 Å². The summed E-state index contributed by atoms with van der Waals surface area (Å²) in [5, 5.41) is 14.7. The Kier molecular flexibility index (Phi) is 4.94. The number of nitrogens with zero attached hydrogens (tertiary/aromatic N) is 6. The summed E-state index contributed by atoms with van der Waals surface area (Å²) in [6.45, 7) is 2.64. The fourth-order valence-electron chi connectivity index (χ4n) is 4.78. The number of carbonyl (C=O) groups is 1. The van der Waals surface area contributed by atoms with Crippen molar-refractivity contribution in [3.05, 3.63) is 30.9 Å². The number of imidazole rings is 1. The lowest BCUT2D eigenvalue weighted by molar-refractivity contribution is -0.123. The molecule has 0 radical (unpaired) electrons. The number of aromatic nitrogens is 5. The molecule has 3 N–H and O–H groups in total. The summed E-state index contributed by atoms with van der Waals surface area (Å²) in [5.41, 5.74) is 0.878. The second-order valence-electron chi connectivity index (χ2n) is 9.06. The van der Waals surface area contributed by atoms with Crippen molar-refractivity contribution in [3.63, 3.8) is 0 Å². The highest BCUT2D eigenvalue weighted by Crippen LogP contribution is 2.35. The van der Waals surface area contributed by atoms with E-state index >= 15 is 0 Å². The van der Waals surface area contributed by atoms with E-state index in [4.69, 9.17) is 10.1 Å². The molecule has 2 atom stereocenters. The molecule has 0 bridgehead atoms. The first-order valence-electron chi connectivity index (χ1n) is 11.7. The lowest BCUT2D eigenvalue weighted by Gasteiger charge is -2.28. The van der Waals surface area contributed by atoms with Crippen molar-refractivity contribution in [1.82, 2.24) is 34.8 Å². The summed E-state index contributed by atoms with van der Waals surface area (Å²) in [7, 11) is 0. The molecule has 2 unspecified atom stereocenters. The zero-order chi connectivity index (χ0) is 21.5. The third kappa shape index (κ3) is 3.79. The normalized spacial score (nSPS) is 23.6. The van der Waals surface area contributed by atoms with E-state index < -0.39 is 0 Å². The summed E-state index contributed by atoms with van der Waals surface area (Å²) in [6.07, 6.45) is 12.1. The maximum absolute atomic E-state index is 13.1. The minimum absolute atomic E-state index is 0.0742. The van der Waals surface area contributed by atoms with Gasteiger partial charge in [0, 0.05) is 37.6 Å². The highest BCUT2D eigenvalue weighted by atomic mass is 16.2. The molecular formula is C22H29N9O. The van der Waals surface area contributed by atoms with Crippen molar-refractivity contribution in [1.29, 1.82) is 0 Å². The quantitative estimate of drug-likeness (QED) is 0.543. The Bertz CT molecular complexity index is 1110. The number of hydrogen-bond donors (Lipinski definition) is 3. The van der Waals surface area contributed by atoms with Crippen LogP contribution in [0.3, 0.4) is 0 Å². The lowest BCUT2D eigenvalue weighted by Crippen LogP contribution is -2.51. The van der Waals surface area contributed by atoms with Crippen molar-refractivity contribution >= 4 is 29.0 Å². The summed E-state index contributed by atoms with van der Waals surface area (Å²) in [5.74, 6) is 2.11. The molecule has 1 saturated carbocycles. The lowest BCUT2D eigenvalue weighted by atomic mass is 10.1. The smallest absolute Gasteiger partial charge is 0.246 e. The Hall–Kier alpha value is -3.14. The van der Waals surface area contributed by atoms with Crippen LogP contribution in [0.25, 0.3) is 5.52 Å². The van der Waals surface area contributed by atoms with Gasteiger partial charge in [0.25, 0.3) is 0 Å². The molecule has 0 aromatic carbocycles. The van der Waals surface area contributed by atoms with Gasteiger partial charge in [0.05, 0.1) is 6.33 Å². The van der Waals surface area contributed by atoms with E-state index in [0.29, 0.717) is 17.8 Å². The number of piperidine rings is 1. The van der Waals surface area contributed by atoms with Crippen LogP contribution >= 0.6 is 0 Å². The molecule has 5 heterocycles. The van der Waals surface area contributed by atoms with Crippen LogP contribution in [0.5, 0.6) is 0 Å². The van der Waals surface area contributed by atoms with Gasteiger partial charge in [0.1, 0.15) is 17.4 Å². The van der Waals surface area contributed by atoms with Crippen LogP contribution in [-0.4, -0.2) is 61.8 Å². The Morgan fingerprint density at radius 2 is 2.12 bits per heavy atom. The van der Waals surface area contributed by atoms with Crippen molar-refractivity contribution < 1.29 is 4.79 Å². The first kappa shape index (κ1) is 19.5. The van der Waals surface area contributed by atoms with Crippen LogP contribution in [0.4, 0.5) is 17.6 Å². The van der Waals surface area contributed by atoms with Gasteiger partial charge in [0.2, 0.25) is 11.9 Å². The van der Waals surface area contributed by atoms with Crippen LogP contribution < -0.4 is 20.9 Å². The minimum Gasteiger partial charge on any atom is -0.350 e. The predicted octanol–water partition coefficient (Wildman–Crippen LogP) is 1.84. The van der Waals surface area contributed by atoms with Gasteiger partial charge in [-0.2, -0.15) is 4.98 Å². The van der Waals surface area contributed by atoms with Gasteiger partial charge in [-0.1, -0.05) is 0 Å². The average Bonchev–Trinajstić information content (AvgIpc) is 3.20. The highest BCUT2D eigenvalue weighted by Gasteiger charge is 2.34. The molecular weight excluding hydrogens is 406 g/mol. The van der Waals surface area contributed by atoms with E-state index in [-0.39, 0.29) is 18.0 Å².